The molecular weight excluding hydrogens is 354 g/mol. The van der Waals surface area contributed by atoms with Crippen LogP contribution in [0.4, 0.5) is 5.69 Å². The predicted molar refractivity (Wildman–Crippen MR) is 113 cm³/mol. The van der Waals surface area contributed by atoms with Gasteiger partial charge in [0.05, 0.1) is 16.0 Å². The van der Waals surface area contributed by atoms with Crippen molar-refractivity contribution >= 4 is 34.0 Å². The highest BCUT2D eigenvalue weighted by Gasteiger charge is 2.15. The number of rotatable bonds is 5. The first kappa shape index (κ1) is 17.5. The highest BCUT2D eigenvalue weighted by molar-refractivity contribution is 7.13. The van der Waals surface area contributed by atoms with Crippen LogP contribution in [0.3, 0.4) is 0 Å². The molecule has 4 aromatic rings. The Bertz CT molecular complexity index is 1060. The van der Waals surface area contributed by atoms with Crippen LogP contribution in [-0.2, 0) is 0 Å². The summed E-state index contributed by atoms with van der Waals surface area (Å²) in [5.74, 6) is 1.16. The Hall–Kier alpha value is -2.92. The van der Waals surface area contributed by atoms with E-state index in [1.165, 1.54) is 5.56 Å². The van der Waals surface area contributed by atoms with Crippen molar-refractivity contribution in [1.29, 1.82) is 0 Å². The average Bonchev–Trinajstić information content (AvgIpc) is 3.36. The standard InChI is InChI=1S/C22H21N3OS/c1-3-14(2)15-9-11-16(12-10-15)23-22(26)17-6-4-7-18-20(17)25-21(24-18)19-8-5-13-27-19/h4-14H,3H2,1-2H3,(H,23,26)(H,24,25). The van der Waals surface area contributed by atoms with Crippen LogP contribution in [0.15, 0.2) is 60.0 Å². The van der Waals surface area contributed by atoms with Crippen molar-refractivity contribution in [1.82, 2.24) is 9.97 Å². The SMILES string of the molecule is CCC(C)c1ccc(NC(=O)c2cccc3[nH]c(-c4cccs4)nc23)cc1. The number of thiophene rings is 1. The number of benzene rings is 2. The highest BCUT2D eigenvalue weighted by atomic mass is 32.1. The van der Waals surface area contributed by atoms with Crippen LogP contribution < -0.4 is 5.32 Å². The summed E-state index contributed by atoms with van der Waals surface area (Å²) >= 11 is 1.62. The molecule has 0 aliphatic carbocycles. The molecule has 1 unspecified atom stereocenters. The van der Waals surface area contributed by atoms with Crippen molar-refractivity contribution < 1.29 is 4.79 Å². The van der Waals surface area contributed by atoms with Gasteiger partial charge in [0.1, 0.15) is 11.3 Å². The van der Waals surface area contributed by atoms with Crippen LogP contribution in [0.1, 0.15) is 42.1 Å². The van der Waals surface area contributed by atoms with Gasteiger partial charge in [-0.2, -0.15) is 0 Å². The largest absolute Gasteiger partial charge is 0.337 e. The average molecular weight is 375 g/mol. The Labute approximate surface area is 162 Å². The van der Waals surface area contributed by atoms with Gasteiger partial charge in [0.25, 0.3) is 5.91 Å². The summed E-state index contributed by atoms with van der Waals surface area (Å²) in [4.78, 5) is 21.9. The third kappa shape index (κ3) is 3.51. The molecule has 5 heteroatoms. The number of aromatic amines is 1. The Morgan fingerprint density at radius 3 is 2.67 bits per heavy atom. The normalized spacial score (nSPS) is 12.2. The van der Waals surface area contributed by atoms with Gasteiger partial charge in [0.2, 0.25) is 0 Å². The maximum absolute atomic E-state index is 12.8. The molecule has 2 aromatic carbocycles. The van der Waals surface area contributed by atoms with E-state index in [4.69, 9.17) is 0 Å². The molecule has 136 valence electrons. The molecule has 0 fully saturated rings. The van der Waals surface area contributed by atoms with Crippen molar-refractivity contribution in [2.45, 2.75) is 26.2 Å². The second kappa shape index (κ2) is 7.37. The number of hydrogen-bond acceptors (Lipinski definition) is 3. The number of nitrogens with one attached hydrogen (secondary N) is 2. The van der Waals surface area contributed by atoms with Crippen molar-refractivity contribution in [3.63, 3.8) is 0 Å². The first-order valence-electron chi connectivity index (χ1n) is 9.09. The van der Waals surface area contributed by atoms with Gasteiger partial charge in [-0.15, -0.1) is 11.3 Å². The fourth-order valence-electron chi connectivity index (χ4n) is 3.07. The van der Waals surface area contributed by atoms with Gasteiger partial charge in [-0.25, -0.2) is 4.98 Å². The van der Waals surface area contributed by atoms with Crippen LogP contribution >= 0.6 is 11.3 Å². The fourth-order valence-corrected chi connectivity index (χ4v) is 3.74. The third-order valence-electron chi connectivity index (χ3n) is 4.86. The lowest BCUT2D eigenvalue weighted by atomic mass is 9.98. The number of carbonyl (C=O) groups is 1. The predicted octanol–water partition coefficient (Wildman–Crippen LogP) is 6.06. The van der Waals surface area contributed by atoms with Crippen LogP contribution in [-0.4, -0.2) is 15.9 Å². The number of para-hydroxylation sites is 1. The molecule has 2 N–H and O–H groups in total. The third-order valence-corrected chi connectivity index (χ3v) is 5.74. The maximum atomic E-state index is 12.8. The smallest absolute Gasteiger partial charge is 0.257 e. The lowest BCUT2D eigenvalue weighted by Gasteiger charge is -2.10. The maximum Gasteiger partial charge on any atom is 0.257 e. The van der Waals surface area contributed by atoms with E-state index < -0.39 is 0 Å². The van der Waals surface area contributed by atoms with E-state index in [1.807, 2.05) is 47.8 Å². The lowest BCUT2D eigenvalue weighted by Crippen LogP contribution is -2.12. The zero-order valence-electron chi connectivity index (χ0n) is 15.3. The van der Waals surface area contributed by atoms with E-state index in [2.05, 4.69) is 41.3 Å². The highest BCUT2D eigenvalue weighted by Crippen LogP contribution is 2.27. The minimum atomic E-state index is -0.152. The Kier molecular flexibility index (Phi) is 4.77. The molecule has 0 saturated heterocycles. The Morgan fingerprint density at radius 1 is 1.15 bits per heavy atom. The van der Waals surface area contributed by atoms with Crippen LogP contribution in [0, 0.1) is 0 Å². The Balaban J connectivity index is 1.61. The molecule has 2 aromatic heterocycles. The monoisotopic (exact) mass is 375 g/mol. The number of hydrogen-bond donors (Lipinski definition) is 2. The van der Waals surface area contributed by atoms with Gasteiger partial charge < -0.3 is 10.3 Å². The summed E-state index contributed by atoms with van der Waals surface area (Å²) in [6.45, 7) is 4.38. The Morgan fingerprint density at radius 2 is 1.96 bits per heavy atom. The molecule has 0 bridgehead atoms. The quantitative estimate of drug-likeness (QED) is 0.445. The topological polar surface area (TPSA) is 57.8 Å². The van der Waals surface area contributed by atoms with Gasteiger partial charge in [0.15, 0.2) is 0 Å². The fraction of sp³-hybridized carbons (Fsp3) is 0.182. The molecule has 1 atom stereocenters. The van der Waals surface area contributed by atoms with Gasteiger partial charge in [0, 0.05) is 5.69 Å². The van der Waals surface area contributed by atoms with Gasteiger partial charge in [-0.1, -0.05) is 38.1 Å². The summed E-state index contributed by atoms with van der Waals surface area (Å²) in [6, 6.07) is 17.7. The zero-order chi connectivity index (χ0) is 18.8. The number of fused-ring (bicyclic) bond motifs is 1. The second-order valence-corrected chi connectivity index (χ2v) is 7.60. The number of aromatic nitrogens is 2. The van der Waals surface area contributed by atoms with Crippen molar-refractivity contribution in [3.8, 4) is 10.7 Å². The molecule has 2 heterocycles. The second-order valence-electron chi connectivity index (χ2n) is 6.65. The van der Waals surface area contributed by atoms with E-state index in [9.17, 15) is 4.79 Å². The molecule has 0 spiro atoms. The molecule has 0 aliphatic heterocycles. The van der Waals surface area contributed by atoms with Crippen LogP contribution in [0.5, 0.6) is 0 Å². The first-order chi connectivity index (χ1) is 13.2. The molecule has 27 heavy (non-hydrogen) atoms. The van der Waals surface area contributed by atoms with E-state index in [0.717, 1.165) is 28.3 Å². The van der Waals surface area contributed by atoms with E-state index in [-0.39, 0.29) is 5.91 Å². The van der Waals surface area contributed by atoms with Crippen LogP contribution in [0.25, 0.3) is 21.7 Å². The number of amides is 1. The van der Waals surface area contributed by atoms with Gasteiger partial charge >= 0.3 is 0 Å². The summed E-state index contributed by atoms with van der Waals surface area (Å²) in [7, 11) is 0. The van der Waals surface area contributed by atoms with E-state index >= 15 is 0 Å². The molecule has 1 amide bonds. The summed E-state index contributed by atoms with van der Waals surface area (Å²) in [6.07, 6.45) is 1.10. The summed E-state index contributed by atoms with van der Waals surface area (Å²) in [5.41, 5.74) is 4.19. The summed E-state index contributed by atoms with van der Waals surface area (Å²) < 4.78 is 0. The van der Waals surface area contributed by atoms with Crippen molar-refractivity contribution in [3.05, 3.63) is 71.1 Å². The van der Waals surface area contributed by atoms with E-state index in [1.54, 1.807) is 11.3 Å². The molecule has 0 aliphatic rings. The number of H-pyrrole nitrogens is 1. The minimum absolute atomic E-state index is 0.152. The molecule has 4 nitrogen and oxygen atoms in total. The number of nitrogens with zero attached hydrogens (tertiary/aromatic N) is 1. The number of imidazole rings is 1. The first-order valence-corrected chi connectivity index (χ1v) is 9.97. The van der Waals surface area contributed by atoms with Crippen molar-refractivity contribution in [2.75, 3.05) is 5.32 Å². The van der Waals surface area contributed by atoms with Crippen molar-refractivity contribution in [2.24, 2.45) is 0 Å². The zero-order valence-corrected chi connectivity index (χ0v) is 16.1. The molecular formula is C22H21N3OS. The van der Waals surface area contributed by atoms with E-state index in [0.29, 0.717) is 17.0 Å². The lowest BCUT2D eigenvalue weighted by molar-refractivity contribution is 0.102. The minimum Gasteiger partial charge on any atom is -0.337 e. The molecule has 0 radical (unpaired) electrons. The molecule has 0 saturated carbocycles. The van der Waals surface area contributed by atoms with Gasteiger partial charge in [-0.05, 0) is 53.6 Å². The van der Waals surface area contributed by atoms with Gasteiger partial charge in [-0.3, -0.25) is 4.79 Å². The summed E-state index contributed by atoms with van der Waals surface area (Å²) in [5, 5.41) is 5.00. The van der Waals surface area contributed by atoms with Crippen LogP contribution in [0.2, 0.25) is 0 Å². The number of carbonyl (C=O) groups excluding carboxylic acids is 1. The number of anilines is 1. The molecule has 4 rings (SSSR count).